The highest BCUT2D eigenvalue weighted by Gasteiger charge is 2.17. The first-order valence-corrected chi connectivity index (χ1v) is 6.62. The highest BCUT2D eigenvalue weighted by atomic mass is 79.9. The second-order valence-corrected chi connectivity index (χ2v) is 5.05. The number of methoxy groups -OCH3 is 1. The Bertz CT molecular complexity index is 490. The SMILES string of the molecule is COc1c(C)c(C)c(Br)c(C)c1COCC(=O)NN. The fraction of sp³-hybridized carbons (Fsp3) is 0.462. The first-order valence-electron chi connectivity index (χ1n) is 5.83. The van der Waals surface area contributed by atoms with Crippen molar-refractivity contribution in [3.63, 3.8) is 0 Å². The summed E-state index contributed by atoms with van der Waals surface area (Å²) in [6, 6.07) is 0. The van der Waals surface area contributed by atoms with E-state index in [0.717, 1.165) is 32.5 Å². The van der Waals surface area contributed by atoms with Crippen LogP contribution in [0.2, 0.25) is 0 Å². The molecule has 0 heterocycles. The average molecular weight is 331 g/mol. The summed E-state index contributed by atoms with van der Waals surface area (Å²) in [5.74, 6) is 5.43. The second-order valence-electron chi connectivity index (χ2n) is 4.26. The van der Waals surface area contributed by atoms with Gasteiger partial charge in [-0.25, -0.2) is 5.84 Å². The van der Waals surface area contributed by atoms with E-state index in [1.165, 1.54) is 0 Å². The third-order valence-electron chi connectivity index (χ3n) is 3.13. The molecule has 19 heavy (non-hydrogen) atoms. The van der Waals surface area contributed by atoms with Gasteiger partial charge in [0.1, 0.15) is 12.4 Å². The van der Waals surface area contributed by atoms with Crippen molar-refractivity contribution in [2.24, 2.45) is 5.84 Å². The number of nitrogens with two attached hydrogens (primary N) is 1. The van der Waals surface area contributed by atoms with Gasteiger partial charge in [-0.3, -0.25) is 10.2 Å². The topological polar surface area (TPSA) is 73.6 Å². The van der Waals surface area contributed by atoms with Crippen LogP contribution in [0.1, 0.15) is 22.3 Å². The van der Waals surface area contributed by atoms with Crippen molar-refractivity contribution in [3.05, 3.63) is 26.7 Å². The number of rotatable bonds is 5. The Kier molecular flexibility index (Phi) is 5.78. The molecule has 1 rings (SSSR count). The summed E-state index contributed by atoms with van der Waals surface area (Å²) >= 11 is 3.57. The Morgan fingerprint density at radius 3 is 2.42 bits per heavy atom. The number of carbonyl (C=O) groups excluding carboxylic acids is 1. The van der Waals surface area contributed by atoms with E-state index in [1.807, 2.05) is 26.2 Å². The summed E-state index contributed by atoms with van der Waals surface area (Å²) in [6.07, 6.45) is 0. The first kappa shape index (κ1) is 15.9. The number of halogens is 1. The number of ether oxygens (including phenoxy) is 2. The van der Waals surface area contributed by atoms with Crippen LogP contribution in [-0.4, -0.2) is 19.6 Å². The molecule has 0 radical (unpaired) electrons. The van der Waals surface area contributed by atoms with E-state index in [-0.39, 0.29) is 12.5 Å². The van der Waals surface area contributed by atoms with Crippen LogP contribution < -0.4 is 16.0 Å². The molecule has 0 aliphatic rings. The molecule has 0 fully saturated rings. The van der Waals surface area contributed by atoms with Crippen LogP contribution in [0.3, 0.4) is 0 Å². The fourth-order valence-corrected chi connectivity index (χ4v) is 2.42. The Morgan fingerprint density at radius 2 is 1.89 bits per heavy atom. The lowest BCUT2D eigenvalue weighted by Crippen LogP contribution is -2.33. The summed E-state index contributed by atoms with van der Waals surface area (Å²) in [5, 5.41) is 0. The van der Waals surface area contributed by atoms with E-state index < -0.39 is 0 Å². The van der Waals surface area contributed by atoms with Crippen LogP contribution in [-0.2, 0) is 16.1 Å². The number of hydrazine groups is 1. The van der Waals surface area contributed by atoms with Gasteiger partial charge in [-0.15, -0.1) is 0 Å². The summed E-state index contributed by atoms with van der Waals surface area (Å²) in [4.78, 5) is 11.0. The molecule has 3 N–H and O–H groups in total. The Labute approximate surface area is 121 Å². The van der Waals surface area contributed by atoms with Crippen molar-refractivity contribution >= 4 is 21.8 Å². The lowest BCUT2D eigenvalue weighted by Gasteiger charge is -2.18. The molecule has 6 heteroatoms. The molecule has 1 amide bonds. The highest BCUT2D eigenvalue weighted by molar-refractivity contribution is 9.10. The van der Waals surface area contributed by atoms with Crippen LogP contribution >= 0.6 is 15.9 Å². The predicted octanol–water partition coefficient (Wildman–Crippen LogP) is 1.89. The minimum Gasteiger partial charge on any atom is -0.496 e. The zero-order valence-corrected chi connectivity index (χ0v) is 13.2. The molecule has 1 aromatic carbocycles. The maximum absolute atomic E-state index is 11.0. The van der Waals surface area contributed by atoms with Crippen LogP contribution in [0.25, 0.3) is 0 Å². The molecule has 0 aromatic heterocycles. The van der Waals surface area contributed by atoms with Crippen molar-refractivity contribution in [2.75, 3.05) is 13.7 Å². The van der Waals surface area contributed by atoms with Crippen LogP contribution in [0, 0.1) is 20.8 Å². The van der Waals surface area contributed by atoms with E-state index in [1.54, 1.807) is 7.11 Å². The molecule has 0 unspecified atom stereocenters. The largest absolute Gasteiger partial charge is 0.496 e. The van der Waals surface area contributed by atoms with Crippen LogP contribution in [0.4, 0.5) is 0 Å². The van der Waals surface area contributed by atoms with Crippen molar-refractivity contribution in [1.82, 2.24) is 5.43 Å². The number of nitrogens with one attached hydrogen (secondary N) is 1. The Hall–Kier alpha value is -1.11. The number of amides is 1. The molecule has 0 bridgehead atoms. The van der Waals surface area contributed by atoms with Gasteiger partial charge in [-0.05, 0) is 37.5 Å². The standard InChI is InChI=1S/C13H19BrN2O3/c1-7-8(2)13(18-4)10(9(3)12(7)14)5-19-6-11(17)16-15/h5-6,15H2,1-4H3,(H,16,17). The lowest BCUT2D eigenvalue weighted by atomic mass is 9.99. The van der Waals surface area contributed by atoms with Gasteiger partial charge in [-0.1, -0.05) is 15.9 Å². The smallest absolute Gasteiger partial charge is 0.259 e. The molecule has 0 saturated heterocycles. The summed E-state index contributed by atoms with van der Waals surface area (Å²) in [6.45, 7) is 6.22. The van der Waals surface area contributed by atoms with Gasteiger partial charge in [0.25, 0.3) is 5.91 Å². The van der Waals surface area contributed by atoms with Gasteiger partial charge in [0.05, 0.1) is 13.7 Å². The van der Waals surface area contributed by atoms with Gasteiger partial charge >= 0.3 is 0 Å². The molecular formula is C13H19BrN2O3. The predicted molar refractivity (Wildman–Crippen MR) is 76.9 cm³/mol. The maximum atomic E-state index is 11.0. The maximum Gasteiger partial charge on any atom is 0.259 e. The average Bonchev–Trinajstić information content (AvgIpc) is 2.41. The lowest BCUT2D eigenvalue weighted by molar-refractivity contribution is -0.126. The third-order valence-corrected chi connectivity index (χ3v) is 4.32. The quantitative estimate of drug-likeness (QED) is 0.491. The zero-order chi connectivity index (χ0) is 14.6. The van der Waals surface area contributed by atoms with Gasteiger partial charge in [0.15, 0.2) is 0 Å². The summed E-state index contributed by atoms with van der Waals surface area (Å²) in [5.41, 5.74) is 6.20. The van der Waals surface area contributed by atoms with Crippen molar-refractivity contribution in [2.45, 2.75) is 27.4 Å². The van der Waals surface area contributed by atoms with Crippen LogP contribution in [0.15, 0.2) is 4.47 Å². The minimum atomic E-state index is -0.362. The number of hydrogen-bond acceptors (Lipinski definition) is 4. The normalized spacial score (nSPS) is 10.4. The molecular weight excluding hydrogens is 312 g/mol. The molecule has 0 atom stereocenters. The molecule has 0 aliphatic carbocycles. The van der Waals surface area contributed by atoms with E-state index in [9.17, 15) is 4.79 Å². The molecule has 0 aliphatic heterocycles. The monoisotopic (exact) mass is 330 g/mol. The van der Waals surface area contributed by atoms with Crippen molar-refractivity contribution in [1.29, 1.82) is 0 Å². The fourth-order valence-electron chi connectivity index (χ4n) is 1.88. The molecule has 5 nitrogen and oxygen atoms in total. The molecule has 0 spiro atoms. The summed E-state index contributed by atoms with van der Waals surface area (Å²) < 4.78 is 11.8. The van der Waals surface area contributed by atoms with Gasteiger partial charge in [0, 0.05) is 10.0 Å². The van der Waals surface area contributed by atoms with E-state index in [0.29, 0.717) is 6.61 Å². The summed E-state index contributed by atoms with van der Waals surface area (Å²) in [7, 11) is 1.63. The van der Waals surface area contributed by atoms with Crippen molar-refractivity contribution in [3.8, 4) is 5.75 Å². The van der Waals surface area contributed by atoms with Gasteiger partial charge in [0.2, 0.25) is 0 Å². The minimum absolute atomic E-state index is 0.0797. The Morgan fingerprint density at radius 1 is 1.26 bits per heavy atom. The number of hydrogen-bond donors (Lipinski definition) is 2. The molecule has 106 valence electrons. The zero-order valence-electron chi connectivity index (χ0n) is 11.6. The molecule has 1 aromatic rings. The van der Waals surface area contributed by atoms with Gasteiger partial charge in [-0.2, -0.15) is 0 Å². The second kappa shape index (κ2) is 6.88. The van der Waals surface area contributed by atoms with Gasteiger partial charge < -0.3 is 9.47 Å². The number of benzene rings is 1. The molecule has 0 saturated carbocycles. The number of carbonyl (C=O) groups is 1. The van der Waals surface area contributed by atoms with Crippen molar-refractivity contribution < 1.29 is 14.3 Å². The van der Waals surface area contributed by atoms with E-state index >= 15 is 0 Å². The van der Waals surface area contributed by atoms with Crippen LogP contribution in [0.5, 0.6) is 5.75 Å². The Balaban J connectivity index is 3.02. The van der Waals surface area contributed by atoms with E-state index in [2.05, 4.69) is 15.9 Å². The first-order chi connectivity index (χ1) is 8.93. The highest BCUT2D eigenvalue weighted by Crippen LogP contribution is 2.36. The van der Waals surface area contributed by atoms with E-state index in [4.69, 9.17) is 15.3 Å². The third kappa shape index (κ3) is 3.46.